The van der Waals surface area contributed by atoms with Gasteiger partial charge >= 0.3 is 0 Å². The minimum atomic E-state index is 0.426. The molecule has 2 aromatic rings. The molecule has 17 heavy (non-hydrogen) atoms. The first-order chi connectivity index (χ1) is 8.22. The molecule has 0 amide bonds. The van der Waals surface area contributed by atoms with E-state index in [9.17, 15) is 0 Å². The zero-order valence-corrected chi connectivity index (χ0v) is 10.3. The predicted molar refractivity (Wildman–Crippen MR) is 67.8 cm³/mol. The number of pyridine rings is 1. The van der Waals surface area contributed by atoms with Crippen LogP contribution in [0.25, 0.3) is 11.2 Å². The van der Waals surface area contributed by atoms with E-state index in [1.54, 1.807) is 0 Å². The smallest absolute Gasteiger partial charge is 0.160 e. The third-order valence-corrected chi connectivity index (χ3v) is 3.34. The van der Waals surface area contributed by atoms with Gasteiger partial charge in [-0.2, -0.15) is 0 Å². The standard InChI is InChI=1S/C13H18N4/c1-8(2)12-16-11-9(7-14)5-6-15-13(11)17(12)10-3-4-10/h5-6,8,10H,3-4,7,14H2,1-2H3. The van der Waals surface area contributed by atoms with E-state index in [2.05, 4.69) is 23.4 Å². The van der Waals surface area contributed by atoms with E-state index in [-0.39, 0.29) is 0 Å². The lowest BCUT2D eigenvalue weighted by Crippen LogP contribution is -2.04. The summed E-state index contributed by atoms with van der Waals surface area (Å²) in [6.07, 6.45) is 4.34. The summed E-state index contributed by atoms with van der Waals surface area (Å²) < 4.78 is 2.32. The van der Waals surface area contributed by atoms with E-state index in [0.29, 0.717) is 18.5 Å². The van der Waals surface area contributed by atoms with Crippen molar-refractivity contribution in [2.75, 3.05) is 0 Å². The first kappa shape index (κ1) is 10.7. The van der Waals surface area contributed by atoms with Gasteiger partial charge in [-0.15, -0.1) is 0 Å². The molecule has 90 valence electrons. The zero-order chi connectivity index (χ0) is 12.0. The number of fused-ring (bicyclic) bond motifs is 1. The van der Waals surface area contributed by atoms with Crippen molar-refractivity contribution in [1.29, 1.82) is 0 Å². The van der Waals surface area contributed by atoms with Crippen LogP contribution >= 0.6 is 0 Å². The molecule has 0 atom stereocenters. The summed E-state index contributed by atoms with van der Waals surface area (Å²) in [7, 11) is 0. The summed E-state index contributed by atoms with van der Waals surface area (Å²) in [4.78, 5) is 9.26. The molecule has 1 aliphatic carbocycles. The third kappa shape index (κ3) is 1.63. The molecule has 0 radical (unpaired) electrons. The molecule has 1 aliphatic rings. The van der Waals surface area contributed by atoms with Gasteiger partial charge in [0, 0.05) is 24.7 Å². The molecule has 3 rings (SSSR count). The SMILES string of the molecule is CC(C)c1nc2c(CN)ccnc2n1C1CC1. The maximum atomic E-state index is 5.77. The number of nitrogens with two attached hydrogens (primary N) is 1. The maximum Gasteiger partial charge on any atom is 0.160 e. The van der Waals surface area contributed by atoms with Gasteiger partial charge in [0.1, 0.15) is 11.3 Å². The van der Waals surface area contributed by atoms with Crippen molar-refractivity contribution < 1.29 is 0 Å². The van der Waals surface area contributed by atoms with Gasteiger partial charge < -0.3 is 10.3 Å². The van der Waals surface area contributed by atoms with Crippen LogP contribution in [0.15, 0.2) is 12.3 Å². The summed E-state index contributed by atoms with van der Waals surface area (Å²) in [5.41, 5.74) is 8.86. The molecule has 1 fully saturated rings. The molecule has 0 unspecified atom stereocenters. The Morgan fingerprint density at radius 2 is 2.24 bits per heavy atom. The highest BCUT2D eigenvalue weighted by atomic mass is 15.2. The van der Waals surface area contributed by atoms with Crippen molar-refractivity contribution in [1.82, 2.24) is 14.5 Å². The van der Waals surface area contributed by atoms with E-state index in [1.807, 2.05) is 12.3 Å². The molecule has 4 heteroatoms. The average molecular weight is 230 g/mol. The molecule has 2 heterocycles. The van der Waals surface area contributed by atoms with Gasteiger partial charge in [-0.1, -0.05) is 13.8 Å². The molecular formula is C13H18N4. The zero-order valence-electron chi connectivity index (χ0n) is 10.3. The van der Waals surface area contributed by atoms with E-state index in [0.717, 1.165) is 22.6 Å². The molecule has 0 spiro atoms. The van der Waals surface area contributed by atoms with Crippen LogP contribution in [0.2, 0.25) is 0 Å². The highest BCUT2D eigenvalue weighted by Gasteiger charge is 2.30. The second kappa shape index (κ2) is 3.81. The Labute approximate surface area is 101 Å². The van der Waals surface area contributed by atoms with Crippen molar-refractivity contribution in [2.24, 2.45) is 5.73 Å². The predicted octanol–water partition coefficient (Wildman–Crippen LogP) is 2.35. The summed E-state index contributed by atoms with van der Waals surface area (Å²) in [6, 6.07) is 2.58. The Morgan fingerprint density at radius 1 is 1.47 bits per heavy atom. The third-order valence-electron chi connectivity index (χ3n) is 3.34. The summed E-state index contributed by atoms with van der Waals surface area (Å²) in [5.74, 6) is 1.58. The lowest BCUT2D eigenvalue weighted by Gasteiger charge is -2.08. The number of imidazole rings is 1. The van der Waals surface area contributed by atoms with Crippen LogP contribution in [0.5, 0.6) is 0 Å². The van der Waals surface area contributed by atoms with Gasteiger partial charge in [0.15, 0.2) is 5.65 Å². The van der Waals surface area contributed by atoms with Crippen LogP contribution in [0.4, 0.5) is 0 Å². The molecule has 0 saturated heterocycles. The van der Waals surface area contributed by atoms with Gasteiger partial charge in [0.25, 0.3) is 0 Å². The molecule has 0 bridgehead atoms. The Balaban J connectivity index is 2.29. The molecule has 0 aromatic carbocycles. The highest BCUT2D eigenvalue weighted by Crippen LogP contribution is 2.39. The fourth-order valence-electron chi connectivity index (χ4n) is 2.32. The topological polar surface area (TPSA) is 56.7 Å². The van der Waals surface area contributed by atoms with Gasteiger partial charge in [0.05, 0.1) is 0 Å². The van der Waals surface area contributed by atoms with Crippen LogP contribution in [-0.2, 0) is 6.54 Å². The Kier molecular flexibility index (Phi) is 2.40. The second-order valence-electron chi connectivity index (χ2n) is 5.07. The Hall–Kier alpha value is -1.42. The average Bonchev–Trinajstić information content (AvgIpc) is 3.08. The van der Waals surface area contributed by atoms with Gasteiger partial charge in [0.2, 0.25) is 0 Å². The molecule has 2 N–H and O–H groups in total. The highest BCUT2D eigenvalue weighted by molar-refractivity contribution is 5.76. The fraction of sp³-hybridized carbons (Fsp3) is 0.538. The van der Waals surface area contributed by atoms with Crippen LogP contribution < -0.4 is 5.73 Å². The van der Waals surface area contributed by atoms with Gasteiger partial charge in [-0.25, -0.2) is 9.97 Å². The van der Waals surface area contributed by atoms with Crippen molar-refractivity contribution >= 4 is 11.2 Å². The Bertz CT molecular complexity index is 552. The fourth-order valence-corrected chi connectivity index (χ4v) is 2.32. The van der Waals surface area contributed by atoms with Crippen LogP contribution in [0.1, 0.15) is 50.0 Å². The molecule has 0 aliphatic heterocycles. The van der Waals surface area contributed by atoms with Crippen LogP contribution in [-0.4, -0.2) is 14.5 Å². The number of nitrogens with zero attached hydrogens (tertiary/aromatic N) is 3. The Morgan fingerprint density at radius 3 is 2.82 bits per heavy atom. The minimum absolute atomic E-state index is 0.426. The molecule has 1 saturated carbocycles. The van der Waals surface area contributed by atoms with Crippen LogP contribution in [0, 0.1) is 0 Å². The van der Waals surface area contributed by atoms with E-state index >= 15 is 0 Å². The monoisotopic (exact) mass is 230 g/mol. The quantitative estimate of drug-likeness (QED) is 0.880. The second-order valence-corrected chi connectivity index (χ2v) is 5.07. The largest absolute Gasteiger partial charge is 0.326 e. The number of rotatable bonds is 3. The van der Waals surface area contributed by atoms with E-state index in [4.69, 9.17) is 10.7 Å². The lowest BCUT2D eigenvalue weighted by atomic mass is 10.2. The van der Waals surface area contributed by atoms with Gasteiger partial charge in [-0.05, 0) is 24.5 Å². The van der Waals surface area contributed by atoms with Crippen molar-refractivity contribution in [3.63, 3.8) is 0 Å². The van der Waals surface area contributed by atoms with Crippen molar-refractivity contribution in [2.45, 2.75) is 45.2 Å². The molecule has 4 nitrogen and oxygen atoms in total. The minimum Gasteiger partial charge on any atom is -0.326 e. The molecular weight excluding hydrogens is 212 g/mol. The number of hydrogen-bond donors (Lipinski definition) is 1. The molecule has 2 aromatic heterocycles. The van der Waals surface area contributed by atoms with Crippen LogP contribution in [0.3, 0.4) is 0 Å². The lowest BCUT2D eigenvalue weighted by molar-refractivity contribution is 0.650. The van der Waals surface area contributed by atoms with Crippen molar-refractivity contribution in [3.05, 3.63) is 23.7 Å². The van der Waals surface area contributed by atoms with Crippen molar-refractivity contribution in [3.8, 4) is 0 Å². The summed E-state index contributed by atoms with van der Waals surface area (Å²) in [5, 5.41) is 0. The number of aromatic nitrogens is 3. The first-order valence-corrected chi connectivity index (χ1v) is 6.28. The van der Waals surface area contributed by atoms with E-state index < -0.39 is 0 Å². The summed E-state index contributed by atoms with van der Waals surface area (Å²) in [6.45, 7) is 4.89. The number of hydrogen-bond acceptors (Lipinski definition) is 3. The maximum absolute atomic E-state index is 5.77. The van der Waals surface area contributed by atoms with Gasteiger partial charge in [-0.3, -0.25) is 0 Å². The normalized spacial score (nSPS) is 16.0. The first-order valence-electron chi connectivity index (χ1n) is 6.28. The van der Waals surface area contributed by atoms with E-state index in [1.165, 1.54) is 12.8 Å². The summed E-state index contributed by atoms with van der Waals surface area (Å²) >= 11 is 0.